The van der Waals surface area contributed by atoms with Crippen LogP contribution in [0.2, 0.25) is 10.0 Å². The van der Waals surface area contributed by atoms with Gasteiger partial charge >= 0.3 is 0 Å². The number of nitrogens with zero attached hydrogens (tertiary/aromatic N) is 2. The first kappa shape index (κ1) is 27.4. The Labute approximate surface area is 227 Å². The van der Waals surface area contributed by atoms with Crippen LogP contribution in [0.3, 0.4) is 0 Å². The third kappa shape index (κ3) is 5.78. The summed E-state index contributed by atoms with van der Waals surface area (Å²) in [6.45, 7) is 1.52. The number of carbonyl (C=O) groups excluding carboxylic acids is 3. The molecule has 2 aliphatic rings. The largest absolute Gasteiger partial charge is 0.352 e. The molecule has 1 saturated carbocycles. The van der Waals surface area contributed by atoms with E-state index >= 15 is 0 Å². The molecule has 2 aromatic carbocycles. The summed E-state index contributed by atoms with van der Waals surface area (Å²) in [5.74, 6) is -1.24. The molecule has 37 heavy (non-hydrogen) atoms. The van der Waals surface area contributed by atoms with E-state index < -0.39 is 22.0 Å². The van der Waals surface area contributed by atoms with Crippen molar-refractivity contribution in [1.29, 1.82) is 0 Å². The third-order valence-corrected chi connectivity index (χ3v) is 9.47. The van der Waals surface area contributed by atoms with E-state index in [1.54, 1.807) is 37.3 Å². The van der Waals surface area contributed by atoms with Gasteiger partial charge in [-0.05, 0) is 50.5 Å². The number of hydrogen-bond acceptors (Lipinski definition) is 5. The highest BCUT2D eigenvalue weighted by atomic mass is 35.5. The standard InChI is InChI=1S/C26H29Cl2N3O5S/c1-17(25(33)29-18-8-2-3-9-18)30(16-20-21(27)11-6-12-22(20)28)24(32)14-7-15-31-26(34)19-10-4-5-13-23(19)37(31,35)36/h4-6,10-13,17-18H,2-3,7-9,14-16H2,1H3,(H,29,33). The number of benzene rings is 2. The fraction of sp³-hybridized carbons (Fsp3) is 0.423. The van der Waals surface area contributed by atoms with Crippen molar-refractivity contribution >= 4 is 50.9 Å². The van der Waals surface area contributed by atoms with Gasteiger partial charge in [-0.3, -0.25) is 14.4 Å². The lowest BCUT2D eigenvalue weighted by Gasteiger charge is -2.30. The Morgan fingerprint density at radius 2 is 1.73 bits per heavy atom. The topological polar surface area (TPSA) is 104 Å². The number of hydrogen-bond donors (Lipinski definition) is 1. The maximum atomic E-state index is 13.4. The van der Waals surface area contributed by atoms with Crippen LogP contribution in [0.15, 0.2) is 47.4 Å². The molecule has 198 valence electrons. The molecule has 0 aromatic heterocycles. The molecule has 1 heterocycles. The quantitative estimate of drug-likeness (QED) is 0.485. The normalized spacial score (nSPS) is 17.5. The molecule has 1 fully saturated rings. The summed E-state index contributed by atoms with van der Waals surface area (Å²) >= 11 is 12.7. The van der Waals surface area contributed by atoms with Crippen molar-refractivity contribution in [2.45, 2.75) is 69.0 Å². The van der Waals surface area contributed by atoms with Gasteiger partial charge in [-0.25, -0.2) is 12.7 Å². The number of fused-ring (bicyclic) bond motifs is 1. The van der Waals surface area contributed by atoms with Gasteiger partial charge in [0.05, 0.1) is 5.56 Å². The minimum absolute atomic E-state index is 0.0168. The van der Waals surface area contributed by atoms with Gasteiger partial charge < -0.3 is 10.2 Å². The molecular formula is C26H29Cl2N3O5S. The molecule has 0 bridgehead atoms. The van der Waals surface area contributed by atoms with Gasteiger partial charge in [0.1, 0.15) is 10.9 Å². The lowest BCUT2D eigenvalue weighted by Crippen LogP contribution is -2.49. The second-order valence-corrected chi connectivity index (χ2v) is 12.0. The minimum Gasteiger partial charge on any atom is -0.352 e. The number of rotatable bonds is 9. The Morgan fingerprint density at radius 3 is 2.38 bits per heavy atom. The van der Waals surface area contributed by atoms with Crippen LogP contribution in [0.1, 0.15) is 61.4 Å². The van der Waals surface area contributed by atoms with E-state index in [4.69, 9.17) is 23.2 Å². The molecule has 1 atom stereocenters. The predicted octanol–water partition coefficient (Wildman–Crippen LogP) is 4.39. The van der Waals surface area contributed by atoms with Crippen LogP contribution in [0.5, 0.6) is 0 Å². The van der Waals surface area contributed by atoms with Crippen LogP contribution in [0, 0.1) is 0 Å². The summed E-state index contributed by atoms with van der Waals surface area (Å²) in [6, 6.07) is 10.3. The molecule has 1 N–H and O–H groups in total. The van der Waals surface area contributed by atoms with Crippen LogP contribution in [-0.4, -0.2) is 54.0 Å². The van der Waals surface area contributed by atoms with Crippen LogP contribution in [0.4, 0.5) is 0 Å². The van der Waals surface area contributed by atoms with Crippen molar-refractivity contribution in [1.82, 2.24) is 14.5 Å². The van der Waals surface area contributed by atoms with E-state index in [9.17, 15) is 22.8 Å². The molecule has 4 rings (SSSR count). The van der Waals surface area contributed by atoms with Crippen molar-refractivity contribution in [3.05, 3.63) is 63.6 Å². The van der Waals surface area contributed by atoms with E-state index in [0.717, 1.165) is 30.0 Å². The number of amides is 3. The predicted molar refractivity (Wildman–Crippen MR) is 141 cm³/mol. The van der Waals surface area contributed by atoms with Gasteiger partial charge in [-0.1, -0.05) is 54.2 Å². The number of halogens is 2. The summed E-state index contributed by atoms with van der Waals surface area (Å²) in [6.07, 6.45) is 3.95. The zero-order valence-corrected chi connectivity index (χ0v) is 22.8. The van der Waals surface area contributed by atoms with Crippen molar-refractivity contribution in [3.8, 4) is 0 Å². The fourth-order valence-electron chi connectivity index (χ4n) is 4.80. The summed E-state index contributed by atoms with van der Waals surface area (Å²) in [7, 11) is -3.96. The molecular weight excluding hydrogens is 537 g/mol. The molecule has 11 heteroatoms. The van der Waals surface area contributed by atoms with Crippen LogP contribution in [0.25, 0.3) is 0 Å². The number of nitrogens with one attached hydrogen (secondary N) is 1. The Kier molecular flexibility index (Phi) is 8.46. The second-order valence-electron chi connectivity index (χ2n) is 9.37. The Morgan fingerprint density at radius 1 is 1.08 bits per heavy atom. The molecule has 1 aliphatic carbocycles. The molecule has 8 nitrogen and oxygen atoms in total. The van der Waals surface area contributed by atoms with E-state index in [2.05, 4.69) is 5.32 Å². The van der Waals surface area contributed by atoms with E-state index in [-0.39, 0.29) is 54.2 Å². The molecule has 0 radical (unpaired) electrons. The average molecular weight is 567 g/mol. The highest BCUT2D eigenvalue weighted by Gasteiger charge is 2.40. The Bertz CT molecular complexity index is 1290. The lowest BCUT2D eigenvalue weighted by molar-refractivity contribution is -0.141. The van der Waals surface area contributed by atoms with Crippen molar-refractivity contribution in [2.75, 3.05) is 6.54 Å². The fourth-order valence-corrected chi connectivity index (χ4v) is 6.92. The van der Waals surface area contributed by atoms with Crippen LogP contribution < -0.4 is 5.32 Å². The molecule has 1 aliphatic heterocycles. The van der Waals surface area contributed by atoms with E-state index in [1.807, 2.05) is 0 Å². The van der Waals surface area contributed by atoms with E-state index in [1.165, 1.54) is 17.0 Å². The smallest absolute Gasteiger partial charge is 0.269 e. The zero-order valence-electron chi connectivity index (χ0n) is 20.5. The van der Waals surface area contributed by atoms with Crippen LogP contribution in [-0.2, 0) is 26.2 Å². The Hall–Kier alpha value is -2.62. The second kappa shape index (κ2) is 11.4. The highest BCUT2D eigenvalue weighted by Crippen LogP contribution is 2.31. The van der Waals surface area contributed by atoms with E-state index in [0.29, 0.717) is 15.6 Å². The van der Waals surface area contributed by atoms with Crippen LogP contribution >= 0.6 is 23.2 Å². The minimum atomic E-state index is -3.96. The van der Waals surface area contributed by atoms with Crippen molar-refractivity contribution in [3.63, 3.8) is 0 Å². The molecule has 2 aromatic rings. The first-order chi connectivity index (χ1) is 17.6. The lowest BCUT2D eigenvalue weighted by atomic mass is 10.1. The SMILES string of the molecule is CC(C(=O)NC1CCCC1)N(Cc1c(Cl)cccc1Cl)C(=O)CCCN1C(=O)c2ccccc2S1(=O)=O. The van der Waals surface area contributed by atoms with Crippen molar-refractivity contribution in [2.24, 2.45) is 0 Å². The molecule has 1 unspecified atom stereocenters. The third-order valence-electron chi connectivity index (χ3n) is 6.92. The Balaban J connectivity index is 1.47. The molecule has 3 amide bonds. The summed E-state index contributed by atoms with van der Waals surface area (Å²) in [5, 5.41) is 3.78. The van der Waals surface area contributed by atoms with Gasteiger partial charge in [0.15, 0.2) is 0 Å². The maximum absolute atomic E-state index is 13.4. The highest BCUT2D eigenvalue weighted by molar-refractivity contribution is 7.90. The molecule has 0 saturated heterocycles. The first-order valence-corrected chi connectivity index (χ1v) is 14.5. The molecule has 0 spiro atoms. The summed E-state index contributed by atoms with van der Waals surface area (Å²) in [5.41, 5.74) is 0.647. The van der Waals surface area contributed by atoms with Gasteiger partial charge in [0, 0.05) is 41.2 Å². The van der Waals surface area contributed by atoms with Gasteiger partial charge in [0.2, 0.25) is 11.8 Å². The van der Waals surface area contributed by atoms with Gasteiger partial charge in [-0.15, -0.1) is 0 Å². The average Bonchev–Trinajstić information content (AvgIpc) is 3.44. The number of carbonyl (C=O) groups is 3. The summed E-state index contributed by atoms with van der Waals surface area (Å²) < 4.78 is 26.4. The monoisotopic (exact) mass is 565 g/mol. The summed E-state index contributed by atoms with van der Waals surface area (Å²) in [4.78, 5) is 40.5. The zero-order chi connectivity index (χ0) is 26.7. The van der Waals surface area contributed by atoms with Crippen molar-refractivity contribution < 1.29 is 22.8 Å². The number of sulfonamides is 1. The van der Waals surface area contributed by atoms with Gasteiger partial charge in [0.25, 0.3) is 15.9 Å². The first-order valence-electron chi connectivity index (χ1n) is 12.3. The van der Waals surface area contributed by atoms with Gasteiger partial charge in [-0.2, -0.15) is 0 Å². The maximum Gasteiger partial charge on any atom is 0.269 e.